The maximum absolute atomic E-state index is 13.3. The average molecular weight is 369 g/mol. The maximum Gasteiger partial charge on any atom is 0.269 e. The Kier molecular flexibility index (Phi) is 5.39. The van der Waals surface area contributed by atoms with E-state index in [1.165, 1.54) is 12.1 Å². The van der Waals surface area contributed by atoms with Crippen LogP contribution >= 0.6 is 0 Å². The predicted octanol–water partition coefficient (Wildman–Crippen LogP) is 4.15. The van der Waals surface area contributed by atoms with Gasteiger partial charge in [-0.2, -0.15) is 0 Å². The first kappa shape index (κ1) is 18.8. The van der Waals surface area contributed by atoms with Crippen LogP contribution in [0.25, 0.3) is 0 Å². The Morgan fingerprint density at radius 2 is 1.89 bits per heavy atom. The Balaban J connectivity index is 1.90. The summed E-state index contributed by atoms with van der Waals surface area (Å²) in [5, 5.41) is 13.9. The molecule has 0 bridgehead atoms. The fourth-order valence-electron chi connectivity index (χ4n) is 3.80. The Morgan fingerprint density at radius 3 is 2.44 bits per heavy atom. The summed E-state index contributed by atoms with van der Waals surface area (Å²) in [7, 11) is 1.55. The second-order valence-electron chi connectivity index (χ2n) is 6.95. The molecular weight excluding hydrogens is 346 g/mol. The third-order valence-electron chi connectivity index (χ3n) is 5.25. The molecule has 7 nitrogen and oxygen atoms in total. The van der Waals surface area contributed by atoms with Gasteiger partial charge in [0.2, 0.25) is 11.8 Å². The molecule has 0 spiro atoms. The summed E-state index contributed by atoms with van der Waals surface area (Å²) in [4.78, 5) is 28.0. The third kappa shape index (κ3) is 3.77. The van der Waals surface area contributed by atoms with Gasteiger partial charge in [-0.05, 0) is 31.4 Å². The van der Waals surface area contributed by atoms with Crippen molar-refractivity contribution in [2.75, 3.05) is 12.4 Å². The molecule has 7 heteroatoms. The number of methoxy groups -OCH3 is 1. The fraction of sp³-hybridized carbons (Fsp3) is 0.400. The summed E-state index contributed by atoms with van der Waals surface area (Å²) in [5.41, 5.74) is 1.62. The minimum atomic E-state index is -0.679. The molecule has 1 amide bonds. The number of ether oxygens (including phenoxy) is 1. The van der Waals surface area contributed by atoms with Crippen molar-refractivity contribution in [3.05, 3.63) is 57.8 Å². The van der Waals surface area contributed by atoms with E-state index < -0.39 is 10.3 Å². The predicted molar refractivity (Wildman–Crippen MR) is 102 cm³/mol. The van der Waals surface area contributed by atoms with Crippen LogP contribution in [-0.2, 0) is 10.2 Å². The van der Waals surface area contributed by atoms with E-state index in [-0.39, 0.29) is 11.6 Å². The molecule has 2 aromatic rings. The van der Waals surface area contributed by atoms with Crippen molar-refractivity contribution in [1.82, 2.24) is 4.98 Å². The second kappa shape index (κ2) is 7.73. The standard InChI is InChI=1S/C20H23N3O4/c1-14-12-16(13-21-18(14)27-2)22-19(24)20(10-4-3-5-11-20)15-6-8-17(9-7-15)23(25)26/h6-9,12-13H,3-5,10-11H2,1-2H3,(H,22,24). The minimum absolute atomic E-state index is 0.0279. The number of benzene rings is 1. The molecule has 3 rings (SSSR count). The molecule has 1 aromatic carbocycles. The van der Waals surface area contributed by atoms with Gasteiger partial charge in [0.15, 0.2) is 0 Å². The van der Waals surface area contributed by atoms with Crippen molar-refractivity contribution in [1.29, 1.82) is 0 Å². The number of hydrogen-bond donors (Lipinski definition) is 1. The fourth-order valence-corrected chi connectivity index (χ4v) is 3.80. The lowest BCUT2D eigenvalue weighted by Crippen LogP contribution is -2.42. The van der Waals surface area contributed by atoms with E-state index in [1.54, 1.807) is 25.4 Å². The third-order valence-corrected chi connectivity index (χ3v) is 5.25. The molecule has 1 aromatic heterocycles. The van der Waals surface area contributed by atoms with E-state index >= 15 is 0 Å². The topological polar surface area (TPSA) is 94.4 Å². The molecule has 0 radical (unpaired) electrons. The van der Waals surface area contributed by atoms with Gasteiger partial charge < -0.3 is 10.1 Å². The van der Waals surface area contributed by atoms with E-state index in [1.807, 2.05) is 13.0 Å². The van der Waals surface area contributed by atoms with Crippen LogP contribution in [0.15, 0.2) is 36.5 Å². The lowest BCUT2D eigenvalue weighted by atomic mass is 9.68. The molecule has 0 saturated heterocycles. The number of hydrogen-bond acceptors (Lipinski definition) is 5. The number of carbonyl (C=O) groups is 1. The number of nitrogens with one attached hydrogen (secondary N) is 1. The molecule has 1 saturated carbocycles. The van der Waals surface area contributed by atoms with Crippen molar-refractivity contribution in [3.8, 4) is 5.88 Å². The number of nitro groups is 1. The Hall–Kier alpha value is -2.96. The smallest absolute Gasteiger partial charge is 0.269 e. The van der Waals surface area contributed by atoms with Crippen LogP contribution in [0, 0.1) is 17.0 Å². The van der Waals surface area contributed by atoms with Crippen LogP contribution in [-0.4, -0.2) is 22.9 Å². The monoisotopic (exact) mass is 369 g/mol. The highest BCUT2D eigenvalue weighted by molar-refractivity contribution is 5.99. The summed E-state index contributed by atoms with van der Waals surface area (Å²) in [6, 6.07) is 8.19. The number of non-ortho nitro benzene ring substituents is 1. The minimum Gasteiger partial charge on any atom is -0.481 e. The SMILES string of the molecule is COc1ncc(NC(=O)C2(c3ccc([N+](=O)[O-])cc3)CCCCC2)cc1C. The highest BCUT2D eigenvalue weighted by atomic mass is 16.6. The maximum atomic E-state index is 13.3. The molecule has 1 heterocycles. The molecule has 1 aliphatic rings. The summed E-state index contributed by atoms with van der Waals surface area (Å²) in [6.45, 7) is 1.87. The molecule has 1 aliphatic carbocycles. The molecule has 0 unspecified atom stereocenters. The summed E-state index contributed by atoms with van der Waals surface area (Å²) in [5.74, 6) is 0.429. The van der Waals surface area contributed by atoms with Gasteiger partial charge in [-0.15, -0.1) is 0 Å². The first-order chi connectivity index (χ1) is 13.0. The van der Waals surface area contributed by atoms with E-state index in [9.17, 15) is 14.9 Å². The van der Waals surface area contributed by atoms with Gasteiger partial charge in [-0.3, -0.25) is 14.9 Å². The molecule has 27 heavy (non-hydrogen) atoms. The molecule has 1 fully saturated rings. The van der Waals surface area contributed by atoms with E-state index in [0.717, 1.165) is 43.2 Å². The number of nitrogens with zero attached hydrogens (tertiary/aromatic N) is 2. The molecule has 0 aliphatic heterocycles. The Bertz CT molecular complexity index is 843. The van der Waals surface area contributed by atoms with Gasteiger partial charge in [-0.25, -0.2) is 4.98 Å². The van der Waals surface area contributed by atoms with Crippen molar-refractivity contribution in [2.45, 2.75) is 44.4 Å². The molecule has 0 atom stereocenters. The second-order valence-corrected chi connectivity index (χ2v) is 6.95. The van der Waals surface area contributed by atoms with Crippen LogP contribution in [0.2, 0.25) is 0 Å². The van der Waals surface area contributed by atoms with Gasteiger partial charge in [0.25, 0.3) is 5.69 Å². The number of nitro benzene ring substituents is 1. The van der Waals surface area contributed by atoms with Crippen molar-refractivity contribution >= 4 is 17.3 Å². The highest BCUT2D eigenvalue weighted by Crippen LogP contribution is 2.41. The van der Waals surface area contributed by atoms with Crippen LogP contribution in [0.4, 0.5) is 11.4 Å². The van der Waals surface area contributed by atoms with Crippen molar-refractivity contribution < 1.29 is 14.5 Å². The largest absolute Gasteiger partial charge is 0.481 e. The van der Waals surface area contributed by atoms with Crippen molar-refractivity contribution in [3.63, 3.8) is 0 Å². The molecular formula is C20H23N3O4. The van der Waals surface area contributed by atoms with Crippen LogP contribution in [0.5, 0.6) is 5.88 Å². The number of amides is 1. The van der Waals surface area contributed by atoms with Gasteiger partial charge in [0.05, 0.1) is 29.3 Å². The van der Waals surface area contributed by atoms with Gasteiger partial charge in [0.1, 0.15) is 0 Å². The quantitative estimate of drug-likeness (QED) is 0.631. The first-order valence-electron chi connectivity index (χ1n) is 9.03. The van der Waals surface area contributed by atoms with Gasteiger partial charge >= 0.3 is 0 Å². The summed E-state index contributed by atoms with van der Waals surface area (Å²) >= 11 is 0. The lowest BCUT2D eigenvalue weighted by molar-refractivity contribution is -0.384. The number of pyridine rings is 1. The zero-order valence-electron chi connectivity index (χ0n) is 15.5. The van der Waals surface area contributed by atoms with E-state index in [2.05, 4.69) is 10.3 Å². The van der Waals surface area contributed by atoms with Crippen LogP contribution in [0.1, 0.15) is 43.2 Å². The zero-order chi connectivity index (χ0) is 19.4. The van der Waals surface area contributed by atoms with E-state index in [0.29, 0.717) is 11.6 Å². The number of carbonyl (C=O) groups excluding carboxylic acids is 1. The highest BCUT2D eigenvalue weighted by Gasteiger charge is 2.41. The number of aryl methyl sites for hydroxylation is 1. The Labute approximate surface area is 157 Å². The normalized spacial score (nSPS) is 15.8. The van der Waals surface area contributed by atoms with Crippen molar-refractivity contribution in [2.24, 2.45) is 0 Å². The number of rotatable bonds is 5. The van der Waals surface area contributed by atoms with Crippen LogP contribution in [0.3, 0.4) is 0 Å². The van der Waals surface area contributed by atoms with E-state index in [4.69, 9.17) is 4.74 Å². The zero-order valence-corrected chi connectivity index (χ0v) is 15.5. The summed E-state index contributed by atoms with van der Waals surface area (Å²) < 4.78 is 5.16. The first-order valence-corrected chi connectivity index (χ1v) is 9.03. The molecule has 1 N–H and O–H groups in total. The van der Waals surface area contributed by atoms with Crippen LogP contribution < -0.4 is 10.1 Å². The average Bonchev–Trinajstić information content (AvgIpc) is 2.68. The van der Waals surface area contributed by atoms with Gasteiger partial charge in [-0.1, -0.05) is 31.4 Å². The lowest BCUT2D eigenvalue weighted by Gasteiger charge is -2.36. The summed E-state index contributed by atoms with van der Waals surface area (Å²) in [6.07, 6.45) is 6.01. The van der Waals surface area contributed by atoms with Gasteiger partial charge in [0, 0.05) is 17.7 Å². The molecule has 142 valence electrons. The number of aromatic nitrogens is 1. The number of anilines is 1. The Morgan fingerprint density at radius 1 is 1.22 bits per heavy atom.